The van der Waals surface area contributed by atoms with E-state index < -0.39 is 0 Å². The highest BCUT2D eigenvalue weighted by atomic mass is 32.1. The Morgan fingerprint density at radius 3 is 2.77 bits per heavy atom. The van der Waals surface area contributed by atoms with E-state index in [9.17, 15) is 4.79 Å². The molecule has 0 aromatic carbocycles. The van der Waals surface area contributed by atoms with Crippen LogP contribution in [0.2, 0.25) is 0 Å². The highest BCUT2D eigenvalue weighted by molar-refractivity contribution is 7.18. The molecule has 1 fully saturated rings. The molecule has 10 heteroatoms. The highest BCUT2D eigenvalue weighted by Crippen LogP contribution is 2.36. The van der Waals surface area contributed by atoms with Gasteiger partial charge in [-0.15, -0.1) is 0 Å². The molecule has 0 spiro atoms. The van der Waals surface area contributed by atoms with E-state index in [-0.39, 0.29) is 24.2 Å². The lowest BCUT2D eigenvalue weighted by Crippen LogP contribution is -2.58. The number of hydrogen-bond donors (Lipinski definition) is 0. The molecule has 0 N–H and O–H groups in total. The molecule has 0 radical (unpaired) electrons. The van der Waals surface area contributed by atoms with Gasteiger partial charge in [0.2, 0.25) is 0 Å². The molecule has 0 amide bonds. The number of thiazole rings is 1. The van der Waals surface area contributed by atoms with Gasteiger partial charge in [0, 0.05) is 44.5 Å². The molecule has 4 aromatic rings. The Labute approximate surface area is 208 Å². The van der Waals surface area contributed by atoms with E-state index >= 15 is 0 Å². The van der Waals surface area contributed by atoms with Crippen LogP contribution < -0.4 is 10.5 Å². The third-order valence-corrected chi connectivity index (χ3v) is 8.35. The van der Waals surface area contributed by atoms with Gasteiger partial charge in [-0.3, -0.25) is 14.4 Å². The van der Waals surface area contributed by atoms with Crippen molar-refractivity contribution in [2.24, 2.45) is 7.05 Å². The van der Waals surface area contributed by atoms with Gasteiger partial charge in [0.25, 0.3) is 5.56 Å². The summed E-state index contributed by atoms with van der Waals surface area (Å²) in [5, 5.41) is 14.9. The van der Waals surface area contributed by atoms with Crippen molar-refractivity contribution in [3.63, 3.8) is 0 Å². The average molecular weight is 491 g/mol. The molecule has 1 unspecified atom stereocenters. The van der Waals surface area contributed by atoms with Crippen molar-refractivity contribution in [1.29, 1.82) is 5.26 Å². The normalized spacial score (nSPS) is 19.9. The number of anilines is 1. The highest BCUT2D eigenvalue weighted by Gasteiger charge is 2.37. The number of nitrogens with zero attached hydrogens (tertiary/aromatic N) is 8. The molecule has 1 saturated heterocycles. The maximum atomic E-state index is 12.9. The molecule has 1 aliphatic heterocycles. The standard InChI is InChI=1S/C25H30N8OS/c1-5-17-14-33(20-12-22(34)30(4)21-15-31(11-9-26)29-23(20)21)18(6-2)13-32(17)16(3)24-28-19-8-7-10-27-25(19)35-24/h7-8,10,12,15-18H,5-6,11,13-14H2,1-4H3/t16?,17-,18+/m1/s1. The first kappa shape index (κ1) is 23.5. The Balaban J connectivity index is 1.51. The van der Waals surface area contributed by atoms with Crippen LogP contribution in [0.3, 0.4) is 0 Å². The van der Waals surface area contributed by atoms with Gasteiger partial charge < -0.3 is 9.47 Å². The number of rotatable bonds is 6. The van der Waals surface area contributed by atoms with Crippen LogP contribution in [-0.4, -0.2) is 54.4 Å². The molecule has 4 aromatic heterocycles. The van der Waals surface area contributed by atoms with Crippen molar-refractivity contribution in [1.82, 2.24) is 29.2 Å². The predicted molar refractivity (Wildman–Crippen MR) is 139 cm³/mol. The Kier molecular flexibility index (Phi) is 6.30. The third kappa shape index (κ3) is 4.09. The lowest BCUT2D eigenvalue weighted by Gasteiger charge is -2.49. The van der Waals surface area contributed by atoms with Crippen LogP contribution >= 0.6 is 11.3 Å². The Morgan fingerprint density at radius 2 is 2.06 bits per heavy atom. The summed E-state index contributed by atoms with van der Waals surface area (Å²) in [5.74, 6) is 0. The third-order valence-electron chi connectivity index (χ3n) is 7.20. The topological polar surface area (TPSA) is 95.9 Å². The summed E-state index contributed by atoms with van der Waals surface area (Å²) in [5.41, 5.74) is 3.28. The molecule has 5 rings (SSSR count). The summed E-state index contributed by atoms with van der Waals surface area (Å²) in [6.07, 6.45) is 5.54. The van der Waals surface area contributed by atoms with Crippen molar-refractivity contribution < 1.29 is 0 Å². The molecule has 9 nitrogen and oxygen atoms in total. The zero-order valence-corrected chi connectivity index (χ0v) is 21.4. The van der Waals surface area contributed by atoms with Gasteiger partial charge in [-0.2, -0.15) is 10.4 Å². The van der Waals surface area contributed by atoms with Crippen molar-refractivity contribution in [3.8, 4) is 6.07 Å². The molecule has 3 atom stereocenters. The number of piperazine rings is 1. The smallest absolute Gasteiger partial charge is 0.252 e. The number of hydrogen-bond acceptors (Lipinski definition) is 8. The summed E-state index contributed by atoms with van der Waals surface area (Å²) in [7, 11) is 1.76. The van der Waals surface area contributed by atoms with Gasteiger partial charge >= 0.3 is 0 Å². The van der Waals surface area contributed by atoms with Crippen LogP contribution in [0.15, 0.2) is 35.4 Å². The lowest BCUT2D eigenvalue weighted by molar-refractivity contribution is 0.101. The number of fused-ring (bicyclic) bond motifs is 2. The fourth-order valence-electron chi connectivity index (χ4n) is 5.17. The van der Waals surface area contributed by atoms with Gasteiger partial charge in [0.1, 0.15) is 27.4 Å². The van der Waals surface area contributed by atoms with Gasteiger partial charge in [0.15, 0.2) is 0 Å². The average Bonchev–Trinajstić information content (AvgIpc) is 3.50. The minimum absolute atomic E-state index is 0.0651. The molecule has 0 aliphatic carbocycles. The molecule has 0 saturated carbocycles. The second-order valence-corrected chi connectivity index (χ2v) is 10.2. The summed E-state index contributed by atoms with van der Waals surface area (Å²) in [6.45, 7) is 8.48. The van der Waals surface area contributed by atoms with E-state index in [4.69, 9.17) is 10.2 Å². The number of nitriles is 1. The molecular weight excluding hydrogens is 460 g/mol. The van der Waals surface area contributed by atoms with Crippen LogP contribution in [0, 0.1) is 11.3 Å². The molecule has 1 aliphatic rings. The Morgan fingerprint density at radius 1 is 1.26 bits per heavy atom. The van der Waals surface area contributed by atoms with Crippen molar-refractivity contribution >= 4 is 38.4 Å². The fourth-order valence-corrected chi connectivity index (χ4v) is 6.15. The van der Waals surface area contributed by atoms with Crippen LogP contribution in [-0.2, 0) is 13.6 Å². The lowest BCUT2D eigenvalue weighted by atomic mass is 9.99. The molecule has 0 bridgehead atoms. The van der Waals surface area contributed by atoms with Crippen molar-refractivity contribution in [2.75, 3.05) is 18.0 Å². The largest absolute Gasteiger partial charge is 0.364 e. The van der Waals surface area contributed by atoms with Gasteiger partial charge in [-0.1, -0.05) is 25.2 Å². The molecular formula is C25H30N8OS. The van der Waals surface area contributed by atoms with Gasteiger partial charge in [-0.25, -0.2) is 9.97 Å². The summed E-state index contributed by atoms with van der Waals surface area (Å²) < 4.78 is 3.23. The Hall–Kier alpha value is -3.29. The second kappa shape index (κ2) is 9.40. The van der Waals surface area contributed by atoms with E-state index in [1.165, 1.54) is 0 Å². The molecule has 35 heavy (non-hydrogen) atoms. The maximum Gasteiger partial charge on any atom is 0.252 e. The molecule has 182 valence electrons. The quantitative estimate of drug-likeness (QED) is 0.407. The number of aromatic nitrogens is 5. The first-order chi connectivity index (χ1) is 16.9. The zero-order chi connectivity index (χ0) is 24.7. The molecule has 5 heterocycles. The van der Waals surface area contributed by atoms with Gasteiger partial charge in [0.05, 0.1) is 29.5 Å². The van der Waals surface area contributed by atoms with Crippen molar-refractivity contribution in [2.45, 2.75) is 58.3 Å². The summed E-state index contributed by atoms with van der Waals surface area (Å²) >= 11 is 1.67. The first-order valence-corrected chi connectivity index (χ1v) is 12.9. The predicted octanol–water partition coefficient (Wildman–Crippen LogP) is 3.70. The van der Waals surface area contributed by atoms with E-state index in [2.05, 4.69) is 46.7 Å². The van der Waals surface area contributed by atoms with Crippen molar-refractivity contribution in [3.05, 3.63) is 46.0 Å². The van der Waals surface area contributed by atoms with Crippen LogP contribution in [0.1, 0.15) is 44.7 Å². The van der Waals surface area contributed by atoms with Crippen LogP contribution in [0.25, 0.3) is 21.4 Å². The Bertz CT molecular complexity index is 1430. The van der Waals surface area contributed by atoms with Crippen LogP contribution in [0.5, 0.6) is 0 Å². The maximum absolute atomic E-state index is 12.9. The fraction of sp³-hybridized carbons (Fsp3) is 0.480. The van der Waals surface area contributed by atoms with E-state index in [1.54, 1.807) is 39.9 Å². The van der Waals surface area contributed by atoms with Gasteiger partial charge in [-0.05, 0) is 31.9 Å². The minimum atomic E-state index is -0.0651. The van der Waals surface area contributed by atoms with E-state index in [0.29, 0.717) is 6.04 Å². The van der Waals surface area contributed by atoms with E-state index in [0.717, 1.165) is 58.0 Å². The second-order valence-electron chi connectivity index (χ2n) is 9.17. The minimum Gasteiger partial charge on any atom is -0.364 e. The zero-order valence-electron chi connectivity index (χ0n) is 20.5. The monoisotopic (exact) mass is 490 g/mol. The number of pyridine rings is 2. The van der Waals surface area contributed by atoms with E-state index in [1.807, 2.05) is 18.3 Å². The summed E-state index contributed by atoms with van der Waals surface area (Å²) in [6, 6.07) is 8.50. The first-order valence-electron chi connectivity index (χ1n) is 12.1. The van der Waals surface area contributed by atoms with Crippen LogP contribution in [0.4, 0.5) is 5.69 Å². The number of aryl methyl sites for hydroxylation is 1. The SMILES string of the molecule is CC[C@H]1CN(C(C)c2nc3cccnc3s2)[C@H](CC)CN1c1cc(=O)n(C)c2cn(CC#N)nc12. The summed E-state index contributed by atoms with van der Waals surface area (Å²) in [4.78, 5) is 28.1.